The van der Waals surface area contributed by atoms with Crippen molar-refractivity contribution < 1.29 is 4.79 Å². The van der Waals surface area contributed by atoms with Crippen LogP contribution in [0.5, 0.6) is 0 Å². The largest absolute Gasteiger partial charge is 0.355 e. The van der Waals surface area contributed by atoms with E-state index in [2.05, 4.69) is 21.2 Å². The molecule has 5 nitrogen and oxygen atoms in total. The van der Waals surface area contributed by atoms with Crippen LogP contribution in [0.15, 0.2) is 54.9 Å². The van der Waals surface area contributed by atoms with Crippen LogP contribution in [0, 0.1) is 0 Å². The number of nitrogens with one attached hydrogen (secondary N) is 3. The van der Waals surface area contributed by atoms with Crippen molar-refractivity contribution in [3.05, 3.63) is 66.0 Å². The third kappa shape index (κ3) is 4.54. The van der Waals surface area contributed by atoms with Crippen molar-refractivity contribution in [2.45, 2.75) is 13.0 Å². The second-order valence-electron chi connectivity index (χ2n) is 4.42. The summed E-state index contributed by atoms with van der Waals surface area (Å²) in [6.07, 6.45) is 3.12. The number of amides is 1. The highest BCUT2D eigenvalue weighted by atomic mass is 32.1. The molecule has 1 amide bonds. The summed E-state index contributed by atoms with van der Waals surface area (Å²) in [5, 5.41) is 3.45. The maximum Gasteiger partial charge on any atom is 0.269 e. The summed E-state index contributed by atoms with van der Waals surface area (Å²) in [5.41, 5.74) is 6.84. The number of rotatable bonds is 3. The molecule has 0 spiro atoms. The molecule has 0 aliphatic rings. The summed E-state index contributed by atoms with van der Waals surface area (Å²) >= 11 is 5.15. The van der Waals surface area contributed by atoms with Gasteiger partial charge in [0.25, 0.3) is 5.91 Å². The van der Waals surface area contributed by atoms with Crippen LogP contribution in [0.4, 0.5) is 0 Å². The number of aromatic nitrogens is 1. The summed E-state index contributed by atoms with van der Waals surface area (Å²) < 4.78 is 0. The molecular weight excluding hydrogens is 284 g/mol. The van der Waals surface area contributed by atoms with Gasteiger partial charge in [-0.2, -0.15) is 0 Å². The topological polar surface area (TPSA) is 66.0 Å². The van der Waals surface area contributed by atoms with Crippen molar-refractivity contribution in [2.24, 2.45) is 0 Å². The maximum absolute atomic E-state index is 11.8. The molecule has 1 heterocycles. The molecular formula is C15H16N4OS. The molecule has 6 heteroatoms. The van der Waals surface area contributed by atoms with Gasteiger partial charge in [-0.15, -0.1) is 0 Å². The third-order valence-corrected chi connectivity index (χ3v) is 3.10. The van der Waals surface area contributed by atoms with Crippen LogP contribution in [-0.4, -0.2) is 16.0 Å². The van der Waals surface area contributed by atoms with Gasteiger partial charge in [0.2, 0.25) is 0 Å². The average molecular weight is 300 g/mol. The van der Waals surface area contributed by atoms with Gasteiger partial charge in [0.05, 0.1) is 6.04 Å². The minimum atomic E-state index is -0.270. The smallest absolute Gasteiger partial charge is 0.269 e. The van der Waals surface area contributed by atoms with Gasteiger partial charge in [-0.25, -0.2) is 0 Å². The zero-order valence-electron chi connectivity index (χ0n) is 11.5. The fourth-order valence-electron chi connectivity index (χ4n) is 1.75. The predicted octanol–water partition coefficient (Wildman–Crippen LogP) is 1.95. The van der Waals surface area contributed by atoms with Gasteiger partial charge < -0.3 is 5.32 Å². The lowest BCUT2D eigenvalue weighted by Crippen LogP contribution is -2.47. The van der Waals surface area contributed by atoms with Crippen LogP contribution in [0.25, 0.3) is 0 Å². The summed E-state index contributed by atoms with van der Waals surface area (Å²) in [6.45, 7) is 1.99. The molecule has 0 saturated heterocycles. The van der Waals surface area contributed by atoms with E-state index in [0.717, 1.165) is 5.56 Å². The van der Waals surface area contributed by atoms with Crippen molar-refractivity contribution in [1.82, 2.24) is 21.2 Å². The number of pyridine rings is 1. The Hall–Kier alpha value is -2.47. The lowest BCUT2D eigenvalue weighted by atomic mass is 10.1. The van der Waals surface area contributed by atoms with Gasteiger partial charge in [-0.1, -0.05) is 30.3 Å². The number of carbonyl (C=O) groups excluding carboxylic acids is 1. The molecule has 21 heavy (non-hydrogen) atoms. The van der Waals surface area contributed by atoms with Crippen molar-refractivity contribution in [3.8, 4) is 0 Å². The highest BCUT2D eigenvalue weighted by molar-refractivity contribution is 7.80. The van der Waals surface area contributed by atoms with E-state index in [0.29, 0.717) is 10.7 Å². The average Bonchev–Trinajstić information content (AvgIpc) is 2.54. The SMILES string of the molecule is C[C@@H](NC(=S)NNC(=O)c1ccncc1)c1ccccc1. The Morgan fingerprint density at radius 3 is 2.43 bits per heavy atom. The van der Waals surface area contributed by atoms with Gasteiger partial charge in [-0.05, 0) is 36.8 Å². The molecule has 3 N–H and O–H groups in total. The Morgan fingerprint density at radius 1 is 1.10 bits per heavy atom. The summed E-state index contributed by atoms with van der Waals surface area (Å²) in [4.78, 5) is 15.7. The standard InChI is InChI=1S/C15H16N4OS/c1-11(12-5-3-2-4-6-12)17-15(21)19-18-14(20)13-7-9-16-10-8-13/h2-11H,1H3,(H,18,20)(H2,17,19,21)/t11-/m1/s1. The number of thiocarbonyl (C=S) groups is 1. The first-order chi connectivity index (χ1) is 10.2. The first-order valence-electron chi connectivity index (χ1n) is 6.48. The Morgan fingerprint density at radius 2 is 1.76 bits per heavy atom. The van der Waals surface area contributed by atoms with E-state index in [1.54, 1.807) is 24.5 Å². The van der Waals surface area contributed by atoms with E-state index in [9.17, 15) is 4.79 Å². The normalized spacial score (nSPS) is 11.3. The second-order valence-corrected chi connectivity index (χ2v) is 4.83. The fraction of sp³-hybridized carbons (Fsp3) is 0.133. The maximum atomic E-state index is 11.8. The monoisotopic (exact) mass is 300 g/mol. The highest BCUT2D eigenvalue weighted by Gasteiger charge is 2.08. The Labute approximate surface area is 128 Å². The fourth-order valence-corrected chi connectivity index (χ4v) is 1.97. The molecule has 0 fully saturated rings. The van der Waals surface area contributed by atoms with Crippen LogP contribution in [0.2, 0.25) is 0 Å². The van der Waals surface area contributed by atoms with Gasteiger partial charge in [0, 0.05) is 18.0 Å². The number of carbonyl (C=O) groups is 1. The molecule has 108 valence electrons. The molecule has 0 radical (unpaired) electrons. The quantitative estimate of drug-likeness (QED) is 0.597. The molecule has 0 bridgehead atoms. The van der Waals surface area contributed by atoms with Crippen LogP contribution in [0.1, 0.15) is 28.9 Å². The number of hydrogen-bond donors (Lipinski definition) is 3. The molecule has 2 aromatic rings. The molecule has 1 aromatic carbocycles. The minimum absolute atomic E-state index is 0.0454. The lowest BCUT2D eigenvalue weighted by molar-refractivity contribution is 0.0943. The van der Waals surface area contributed by atoms with E-state index in [1.165, 1.54) is 0 Å². The zero-order chi connectivity index (χ0) is 15.1. The summed E-state index contributed by atoms with van der Waals surface area (Å²) in [6, 6.07) is 13.2. The Kier molecular flexibility index (Phi) is 5.22. The Bertz CT molecular complexity index is 604. The zero-order valence-corrected chi connectivity index (χ0v) is 12.4. The molecule has 0 aliphatic heterocycles. The van der Waals surface area contributed by atoms with Gasteiger partial charge in [-0.3, -0.25) is 20.6 Å². The molecule has 2 rings (SSSR count). The number of nitrogens with zero attached hydrogens (tertiary/aromatic N) is 1. The predicted molar refractivity (Wildman–Crippen MR) is 85.4 cm³/mol. The lowest BCUT2D eigenvalue weighted by Gasteiger charge is -2.17. The van der Waals surface area contributed by atoms with E-state index in [1.807, 2.05) is 37.3 Å². The highest BCUT2D eigenvalue weighted by Crippen LogP contribution is 2.10. The van der Waals surface area contributed by atoms with E-state index in [4.69, 9.17) is 12.2 Å². The molecule has 0 saturated carbocycles. The molecule has 1 aromatic heterocycles. The van der Waals surface area contributed by atoms with E-state index in [-0.39, 0.29) is 11.9 Å². The second kappa shape index (κ2) is 7.35. The molecule has 1 atom stereocenters. The van der Waals surface area contributed by atoms with E-state index < -0.39 is 0 Å². The number of hydrogen-bond acceptors (Lipinski definition) is 3. The van der Waals surface area contributed by atoms with Crippen molar-refractivity contribution in [2.75, 3.05) is 0 Å². The third-order valence-electron chi connectivity index (χ3n) is 2.88. The van der Waals surface area contributed by atoms with Crippen LogP contribution < -0.4 is 16.2 Å². The Balaban J connectivity index is 1.81. The van der Waals surface area contributed by atoms with Crippen molar-refractivity contribution in [1.29, 1.82) is 0 Å². The van der Waals surface area contributed by atoms with Crippen molar-refractivity contribution in [3.63, 3.8) is 0 Å². The van der Waals surface area contributed by atoms with Crippen LogP contribution >= 0.6 is 12.2 Å². The van der Waals surface area contributed by atoms with Gasteiger partial charge >= 0.3 is 0 Å². The minimum Gasteiger partial charge on any atom is -0.355 e. The first-order valence-corrected chi connectivity index (χ1v) is 6.89. The van der Waals surface area contributed by atoms with Crippen LogP contribution in [-0.2, 0) is 0 Å². The first kappa shape index (κ1) is 14.9. The van der Waals surface area contributed by atoms with Gasteiger partial charge in [0.1, 0.15) is 0 Å². The van der Waals surface area contributed by atoms with Crippen LogP contribution in [0.3, 0.4) is 0 Å². The van der Waals surface area contributed by atoms with Crippen molar-refractivity contribution >= 4 is 23.2 Å². The van der Waals surface area contributed by atoms with E-state index >= 15 is 0 Å². The molecule has 0 unspecified atom stereocenters. The summed E-state index contributed by atoms with van der Waals surface area (Å²) in [5.74, 6) is -0.270. The van der Waals surface area contributed by atoms with Gasteiger partial charge in [0.15, 0.2) is 5.11 Å². The number of benzene rings is 1. The number of hydrazine groups is 1. The summed E-state index contributed by atoms with van der Waals surface area (Å²) in [7, 11) is 0. The molecule has 0 aliphatic carbocycles.